The van der Waals surface area contributed by atoms with Crippen LogP contribution >= 0.6 is 0 Å². The van der Waals surface area contributed by atoms with E-state index in [4.69, 9.17) is 0 Å². The lowest BCUT2D eigenvalue weighted by molar-refractivity contribution is 0.139. The molecule has 1 aliphatic rings. The molecule has 5 nitrogen and oxygen atoms in total. The highest BCUT2D eigenvalue weighted by atomic mass is 16.3. The third-order valence-corrected chi connectivity index (χ3v) is 3.71. The van der Waals surface area contributed by atoms with Gasteiger partial charge >= 0.3 is 0 Å². The highest BCUT2D eigenvalue weighted by Crippen LogP contribution is 2.24. The van der Waals surface area contributed by atoms with Crippen LogP contribution in [0.4, 0.5) is 0 Å². The van der Waals surface area contributed by atoms with Crippen molar-refractivity contribution >= 4 is 0 Å². The van der Waals surface area contributed by atoms with Crippen LogP contribution in [0.5, 0.6) is 0 Å². The van der Waals surface area contributed by atoms with E-state index in [1.165, 1.54) is 25.7 Å². The van der Waals surface area contributed by atoms with E-state index >= 15 is 0 Å². The Kier molecular flexibility index (Phi) is 4.72. The van der Waals surface area contributed by atoms with Crippen LogP contribution in [-0.4, -0.2) is 44.0 Å². The minimum Gasteiger partial charge on any atom is -0.395 e. The molecule has 1 aromatic rings. The van der Waals surface area contributed by atoms with Crippen molar-refractivity contribution in [1.29, 1.82) is 0 Å². The molecule has 1 heterocycles. The summed E-state index contributed by atoms with van der Waals surface area (Å²) in [6.07, 6.45) is 6.74. The Balaban J connectivity index is 2.05. The van der Waals surface area contributed by atoms with Gasteiger partial charge in [-0.2, -0.15) is 5.10 Å². The van der Waals surface area contributed by atoms with E-state index in [2.05, 4.69) is 28.8 Å². The number of hydrogen-bond acceptors (Lipinski definition) is 4. The van der Waals surface area contributed by atoms with Crippen molar-refractivity contribution in [3.63, 3.8) is 0 Å². The molecule has 102 valence electrons. The summed E-state index contributed by atoms with van der Waals surface area (Å²) in [5.41, 5.74) is 0. The fourth-order valence-electron chi connectivity index (χ4n) is 2.79. The zero-order valence-electron chi connectivity index (χ0n) is 11.4. The summed E-state index contributed by atoms with van der Waals surface area (Å²) in [6.45, 7) is 5.97. The van der Waals surface area contributed by atoms with Crippen molar-refractivity contribution in [2.45, 2.75) is 58.2 Å². The Hall–Kier alpha value is -0.940. The second-order valence-corrected chi connectivity index (χ2v) is 5.35. The molecule has 0 aromatic carbocycles. The highest BCUT2D eigenvalue weighted by Gasteiger charge is 2.23. The maximum absolute atomic E-state index is 9.22. The zero-order chi connectivity index (χ0) is 13.0. The predicted octanol–water partition coefficient (Wildman–Crippen LogP) is 1.60. The van der Waals surface area contributed by atoms with Gasteiger partial charge in [-0.25, -0.2) is 9.67 Å². The number of aliphatic hydroxyl groups is 1. The summed E-state index contributed by atoms with van der Waals surface area (Å²) in [6, 6.07) is 0.941. The molecule has 0 bridgehead atoms. The molecule has 1 saturated carbocycles. The van der Waals surface area contributed by atoms with E-state index in [1.807, 2.05) is 4.68 Å². The van der Waals surface area contributed by atoms with E-state index in [0.29, 0.717) is 12.1 Å². The van der Waals surface area contributed by atoms with Crippen molar-refractivity contribution in [2.24, 2.45) is 0 Å². The average Bonchev–Trinajstić information content (AvgIpc) is 2.99. The van der Waals surface area contributed by atoms with Crippen LogP contribution in [0.1, 0.15) is 51.4 Å². The first-order valence-corrected chi connectivity index (χ1v) is 6.95. The zero-order valence-corrected chi connectivity index (χ0v) is 11.4. The predicted molar refractivity (Wildman–Crippen MR) is 70.2 cm³/mol. The first-order valence-electron chi connectivity index (χ1n) is 6.95. The Morgan fingerprint density at radius 2 is 2.17 bits per heavy atom. The number of hydrogen-bond donors (Lipinski definition) is 1. The number of rotatable bonds is 6. The van der Waals surface area contributed by atoms with E-state index in [0.717, 1.165) is 18.9 Å². The van der Waals surface area contributed by atoms with Crippen LogP contribution in [0.15, 0.2) is 6.33 Å². The fourth-order valence-corrected chi connectivity index (χ4v) is 2.79. The second kappa shape index (κ2) is 6.29. The van der Waals surface area contributed by atoms with Crippen LogP contribution in [0.2, 0.25) is 0 Å². The second-order valence-electron chi connectivity index (χ2n) is 5.35. The van der Waals surface area contributed by atoms with Gasteiger partial charge in [-0.3, -0.25) is 4.90 Å². The van der Waals surface area contributed by atoms with Gasteiger partial charge in [0.1, 0.15) is 12.2 Å². The summed E-state index contributed by atoms with van der Waals surface area (Å²) in [5, 5.41) is 13.5. The quantitative estimate of drug-likeness (QED) is 0.835. The van der Waals surface area contributed by atoms with E-state index in [1.54, 1.807) is 6.33 Å². The Labute approximate surface area is 109 Å². The molecule has 0 aliphatic heterocycles. The number of aliphatic hydroxyl groups excluding tert-OH is 1. The first kappa shape index (κ1) is 13.5. The average molecular weight is 252 g/mol. The van der Waals surface area contributed by atoms with Gasteiger partial charge in [0.25, 0.3) is 0 Å². The third-order valence-electron chi connectivity index (χ3n) is 3.71. The minimum atomic E-state index is 0.215. The highest BCUT2D eigenvalue weighted by molar-refractivity contribution is 4.89. The van der Waals surface area contributed by atoms with Crippen molar-refractivity contribution in [1.82, 2.24) is 19.7 Å². The Bertz CT molecular complexity index is 358. The van der Waals surface area contributed by atoms with Gasteiger partial charge in [0.05, 0.1) is 13.2 Å². The standard InChI is InChI=1S/C13H24N4O/c1-11(2)17-13(14-10-15-17)9-16(7-8-18)12-5-3-4-6-12/h10-12,18H,3-9H2,1-2H3. The Morgan fingerprint density at radius 1 is 1.44 bits per heavy atom. The molecule has 18 heavy (non-hydrogen) atoms. The van der Waals surface area contributed by atoms with Crippen LogP contribution in [0.3, 0.4) is 0 Å². The van der Waals surface area contributed by atoms with Crippen LogP contribution in [0.25, 0.3) is 0 Å². The Morgan fingerprint density at radius 3 is 2.78 bits per heavy atom. The lowest BCUT2D eigenvalue weighted by atomic mass is 10.2. The van der Waals surface area contributed by atoms with Crippen molar-refractivity contribution in [3.8, 4) is 0 Å². The van der Waals surface area contributed by atoms with E-state index < -0.39 is 0 Å². The van der Waals surface area contributed by atoms with Gasteiger partial charge in [-0.05, 0) is 26.7 Å². The summed E-state index contributed by atoms with van der Waals surface area (Å²) in [5.74, 6) is 1.00. The molecule has 5 heteroatoms. The topological polar surface area (TPSA) is 54.2 Å². The van der Waals surface area contributed by atoms with Gasteiger partial charge in [-0.15, -0.1) is 0 Å². The molecule has 1 fully saturated rings. The van der Waals surface area contributed by atoms with E-state index in [9.17, 15) is 5.11 Å². The molecule has 0 unspecified atom stereocenters. The molecule has 0 spiro atoms. The van der Waals surface area contributed by atoms with Crippen LogP contribution in [0, 0.1) is 0 Å². The largest absolute Gasteiger partial charge is 0.395 e. The lowest BCUT2D eigenvalue weighted by Gasteiger charge is -2.27. The number of aromatic nitrogens is 3. The molecule has 0 saturated heterocycles. The molecule has 1 N–H and O–H groups in total. The summed E-state index contributed by atoms with van der Waals surface area (Å²) >= 11 is 0. The lowest BCUT2D eigenvalue weighted by Crippen LogP contribution is -2.36. The summed E-state index contributed by atoms with van der Waals surface area (Å²) in [7, 11) is 0. The molecular weight excluding hydrogens is 228 g/mol. The van der Waals surface area contributed by atoms with E-state index in [-0.39, 0.29) is 6.61 Å². The molecule has 0 radical (unpaired) electrons. The van der Waals surface area contributed by atoms with Gasteiger partial charge in [0, 0.05) is 18.6 Å². The molecule has 2 rings (SSSR count). The van der Waals surface area contributed by atoms with Crippen molar-refractivity contribution in [3.05, 3.63) is 12.2 Å². The van der Waals surface area contributed by atoms with Gasteiger partial charge in [0.2, 0.25) is 0 Å². The molecule has 0 atom stereocenters. The van der Waals surface area contributed by atoms with Crippen molar-refractivity contribution in [2.75, 3.05) is 13.2 Å². The monoisotopic (exact) mass is 252 g/mol. The maximum atomic E-state index is 9.22. The maximum Gasteiger partial charge on any atom is 0.141 e. The van der Waals surface area contributed by atoms with Gasteiger partial charge in [-0.1, -0.05) is 12.8 Å². The summed E-state index contributed by atoms with van der Waals surface area (Å²) in [4.78, 5) is 6.72. The first-order chi connectivity index (χ1) is 8.72. The summed E-state index contributed by atoms with van der Waals surface area (Å²) < 4.78 is 1.97. The minimum absolute atomic E-state index is 0.215. The van der Waals surface area contributed by atoms with Crippen LogP contribution in [-0.2, 0) is 6.54 Å². The van der Waals surface area contributed by atoms with Crippen molar-refractivity contribution < 1.29 is 5.11 Å². The van der Waals surface area contributed by atoms with Gasteiger partial charge < -0.3 is 5.11 Å². The normalized spacial score (nSPS) is 17.2. The fraction of sp³-hybridized carbons (Fsp3) is 0.846. The molecule has 1 aromatic heterocycles. The number of nitrogens with zero attached hydrogens (tertiary/aromatic N) is 4. The van der Waals surface area contributed by atoms with Gasteiger partial charge in [0.15, 0.2) is 0 Å². The third kappa shape index (κ3) is 3.09. The smallest absolute Gasteiger partial charge is 0.141 e. The molecule has 0 amide bonds. The SMILES string of the molecule is CC(C)n1ncnc1CN(CCO)C1CCCC1. The molecular formula is C13H24N4O. The van der Waals surface area contributed by atoms with Crippen LogP contribution < -0.4 is 0 Å². The molecule has 1 aliphatic carbocycles.